The van der Waals surface area contributed by atoms with Gasteiger partial charge in [0, 0.05) is 18.0 Å². The number of carbonyl (C=O) groups is 1. The minimum Gasteiger partial charge on any atom is -0.493 e. The maximum absolute atomic E-state index is 12.5. The normalized spacial score (nSPS) is 10.9. The van der Waals surface area contributed by atoms with Crippen molar-refractivity contribution < 1.29 is 14.3 Å². The predicted octanol–water partition coefficient (Wildman–Crippen LogP) is 3.53. The van der Waals surface area contributed by atoms with Crippen molar-refractivity contribution in [3.8, 4) is 17.2 Å². The molecule has 7 heteroatoms. The van der Waals surface area contributed by atoms with Gasteiger partial charge in [0.1, 0.15) is 0 Å². The van der Waals surface area contributed by atoms with Crippen LogP contribution < -0.4 is 20.5 Å². The molecule has 29 heavy (non-hydrogen) atoms. The number of imidazole rings is 1. The van der Waals surface area contributed by atoms with E-state index in [1.54, 1.807) is 49.7 Å². The van der Waals surface area contributed by atoms with Gasteiger partial charge in [-0.3, -0.25) is 9.36 Å². The van der Waals surface area contributed by atoms with Gasteiger partial charge >= 0.3 is 5.69 Å². The van der Waals surface area contributed by atoms with Crippen molar-refractivity contribution in [3.05, 3.63) is 76.5 Å². The standard InChI is InChI=1S/C22H23N3O4/c1-4-29-19-11-9-16(13-20(19)28-3)10-12-21(26)24-17-7-5-6-8-18(17)25-15(2)14-23-22(25)27/h5-14H,4H2,1-3H3,(H,23,27)(H,24,26)/b12-10-. The Morgan fingerprint density at radius 2 is 2.00 bits per heavy atom. The number of carbonyl (C=O) groups excluding carboxylic acids is 1. The van der Waals surface area contributed by atoms with Crippen LogP contribution in [0.15, 0.2) is 59.5 Å². The maximum Gasteiger partial charge on any atom is 0.330 e. The summed E-state index contributed by atoms with van der Waals surface area (Å²) in [7, 11) is 1.57. The average Bonchev–Trinajstić information content (AvgIpc) is 3.06. The van der Waals surface area contributed by atoms with E-state index >= 15 is 0 Å². The van der Waals surface area contributed by atoms with Crippen molar-refractivity contribution in [1.82, 2.24) is 9.55 Å². The van der Waals surface area contributed by atoms with Crippen molar-refractivity contribution in [2.24, 2.45) is 0 Å². The average molecular weight is 393 g/mol. The molecule has 3 aromatic rings. The summed E-state index contributed by atoms with van der Waals surface area (Å²) in [6.45, 7) is 4.26. The van der Waals surface area contributed by atoms with Gasteiger partial charge in [-0.05, 0) is 49.8 Å². The summed E-state index contributed by atoms with van der Waals surface area (Å²) in [5.74, 6) is 0.937. The first-order valence-corrected chi connectivity index (χ1v) is 9.19. The molecule has 150 valence electrons. The molecular weight excluding hydrogens is 370 g/mol. The van der Waals surface area contributed by atoms with Gasteiger partial charge in [-0.2, -0.15) is 0 Å². The molecule has 0 spiro atoms. The van der Waals surface area contributed by atoms with E-state index in [-0.39, 0.29) is 11.6 Å². The topological polar surface area (TPSA) is 85.4 Å². The monoisotopic (exact) mass is 393 g/mol. The number of rotatable bonds is 7. The van der Waals surface area contributed by atoms with E-state index in [1.807, 2.05) is 26.0 Å². The van der Waals surface area contributed by atoms with E-state index in [0.29, 0.717) is 29.5 Å². The highest BCUT2D eigenvalue weighted by Gasteiger charge is 2.11. The minimum absolute atomic E-state index is 0.263. The van der Waals surface area contributed by atoms with Crippen LogP contribution in [0.5, 0.6) is 11.5 Å². The van der Waals surface area contributed by atoms with E-state index in [9.17, 15) is 9.59 Å². The molecule has 1 aromatic heterocycles. The molecule has 0 saturated carbocycles. The summed E-state index contributed by atoms with van der Waals surface area (Å²) in [5.41, 5.74) is 2.42. The third kappa shape index (κ3) is 4.57. The Bertz CT molecular complexity index is 1100. The Labute approximate surface area is 168 Å². The first-order chi connectivity index (χ1) is 14.0. The largest absolute Gasteiger partial charge is 0.493 e. The van der Waals surface area contributed by atoms with Gasteiger partial charge in [-0.25, -0.2) is 4.79 Å². The smallest absolute Gasteiger partial charge is 0.330 e. The van der Waals surface area contributed by atoms with Gasteiger partial charge in [-0.1, -0.05) is 18.2 Å². The number of nitrogens with one attached hydrogen (secondary N) is 2. The van der Waals surface area contributed by atoms with Gasteiger partial charge in [-0.15, -0.1) is 0 Å². The highest BCUT2D eigenvalue weighted by molar-refractivity contribution is 6.03. The molecular formula is C22H23N3O4. The van der Waals surface area contributed by atoms with E-state index in [1.165, 1.54) is 10.6 Å². The molecule has 0 atom stereocenters. The molecule has 0 aliphatic rings. The summed E-state index contributed by atoms with van der Waals surface area (Å²) >= 11 is 0. The Hall–Kier alpha value is -3.74. The zero-order valence-corrected chi connectivity index (χ0v) is 16.6. The Kier molecular flexibility index (Phi) is 6.19. The van der Waals surface area contributed by atoms with Gasteiger partial charge in [0.15, 0.2) is 11.5 Å². The zero-order chi connectivity index (χ0) is 20.8. The van der Waals surface area contributed by atoms with Crippen molar-refractivity contribution in [1.29, 1.82) is 0 Å². The molecule has 1 heterocycles. The number of methoxy groups -OCH3 is 1. The minimum atomic E-state index is -0.313. The Morgan fingerprint density at radius 3 is 2.69 bits per heavy atom. The highest BCUT2D eigenvalue weighted by Crippen LogP contribution is 2.28. The van der Waals surface area contributed by atoms with Gasteiger partial charge < -0.3 is 19.8 Å². The van der Waals surface area contributed by atoms with Gasteiger partial charge in [0.2, 0.25) is 5.91 Å². The lowest BCUT2D eigenvalue weighted by atomic mass is 10.2. The first kappa shape index (κ1) is 20.0. The Balaban J connectivity index is 1.79. The van der Waals surface area contributed by atoms with E-state index in [2.05, 4.69) is 10.3 Å². The van der Waals surface area contributed by atoms with Crippen LogP contribution in [-0.2, 0) is 4.79 Å². The van der Waals surface area contributed by atoms with Gasteiger partial charge in [0.05, 0.1) is 25.1 Å². The molecule has 0 fully saturated rings. The lowest BCUT2D eigenvalue weighted by Crippen LogP contribution is -2.18. The zero-order valence-electron chi connectivity index (χ0n) is 16.6. The predicted molar refractivity (Wildman–Crippen MR) is 113 cm³/mol. The second-order valence-electron chi connectivity index (χ2n) is 6.25. The van der Waals surface area contributed by atoms with Crippen molar-refractivity contribution in [2.45, 2.75) is 13.8 Å². The van der Waals surface area contributed by atoms with Crippen molar-refractivity contribution >= 4 is 17.7 Å². The molecule has 0 aliphatic carbocycles. The van der Waals surface area contributed by atoms with E-state index in [0.717, 1.165) is 11.3 Å². The van der Waals surface area contributed by atoms with Crippen LogP contribution in [0.3, 0.4) is 0 Å². The number of ether oxygens (including phenoxy) is 2. The third-order valence-electron chi connectivity index (χ3n) is 4.28. The van der Waals surface area contributed by atoms with Crippen LogP contribution in [0.1, 0.15) is 18.2 Å². The second kappa shape index (κ2) is 8.97. The van der Waals surface area contributed by atoms with Crippen LogP contribution >= 0.6 is 0 Å². The van der Waals surface area contributed by atoms with Crippen molar-refractivity contribution in [2.75, 3.05) is 19.0 Å². The molecule has 2 N–H and O–H groups in total. The van der Waals surface area contributed by atoms with E-state index < -0.39 is 0 Å². The fourth-order valence-corrected chi connectivity index (χ4v) is 2.94. The first-order valence-electron chi connectivity index (χ1n) is 9.19. The highest BCUT2D eigenvalue weighted by atomic mass is 16.5. The maximum atomic E-state index is 12.5. The number of benzene rings is 2. The lowest BCUT2D eigenvalue weighted by Gasteiger charge is -2.11. The summed E-state index contributed by atoms with van der Waals surface area (Å²) in [5, 5.41) is 2.83. The number of para-hydroxylation sites is 2. The lowest BCUT2D eigenvalue weighted by molar-refractivity contribution is -0.111. The SMILES string of the molecule is CCOc1ccc(/C=C\C(=O)Nc2ccccc2-n2c(C)c[nH]c2=O)cc1OC. The molecule has 0 aliphatic heterocycles. The fourth-order valence-electron chi connectivity index (χ4n) is 2.94. The van der Waals surface area contributed by atoms with Crippen LogP contribution in [0, 0.1) is 6.92 Å². The third-order valence-corrected chi connectivity index (χ3v) is 4.28. The quantitative estimate of drug-likeness (QED) is 0.602. The molecule has 0 unspecified atom stereocenters. The van der Waals surface area contributed by atoms with E-state index in [4.69, 9.17) is 9.47 Å². The number of nitrogens with zero attached hydrogens (tertiary/aromatic N) is 1. The molecule has 2 aromatic carbocycles. The summed E-state index contributed by atoms with van der Waals surface area (Å²) in [6, 6.07) is 12.6. The second-order valence-corrected chi connectivity index (χ2v) is 6.25. The van der Waals surface area contributed by atoms with Crippen LogP contribution in [0.2, 0.25) is 0 Å². The van der Waals surface area contributed by atoms with Crippen LogP contribution in [0.4, 0.5) is 5.69 Å². The summed E-state index contributed by atoms with van der Waals surface area (Å²) in [4.78, 5) is 27.2. The number of aryl methyl sites for hydroxylation is 1. The molecule has 3 rings (SSSR count). The Morgan fingerprint density at radius 1 is 1.21 bits per heavy atom. The fraction of sp³-hybridized carbons (Fsp3) is 0.182. The molecule has 0 radical (unpaired) electrons. The number of hydrogen-bond acceptors (Lipinski definition) is 4. The number of H-pyrrole nitrogens is 1. The molecule has 1 amide bonds. The summed E-state index contributed by atoms with van der Waals surface area (Å²) < 4.78 is 12.3. The number of aromatic amines is 1. The molecule has 0 saturated heterocycles. The molecule has 7 nitrogen and oxygen atoms in total. The summed E-state index contributed by atoms with van der Waals surface area (Å²) in [6.07, 6.45) is 4.74. The van der Waals surface area contributed by atoms with Crippen LogP contribution in [-0.4, -0.2) is 29.2 Å². The molecule has 0 bridgehead atoms. The van der Waals surface area contributed by atoms with Crippen LogP contribution in [0.25, 0.3) is 11.8 Å². The number of aromatic nitrogens is 2. The number of hydrogen-bond donors (Lipinski definition) is 2. The number of amides is 1. The van der Waals surface area contributed by atoms with Crippen molar-refractivity contribution in [3.63, 3.8) is 0 Å². The number of anilines is 1. The van der Waals surface area contributed by atoms with Gasteiger partial charge in [0.25, 0.3) is 0 Å².